The number of aliphatic hydroxyl groups is 1. The maximum Gasteiger partial charge on any atom is 0.220 e. The first-order chi connectivity index (χ1) is 8.09. The second-order valence-corrected chi connectivity index (χ2v) is 5.58. The van der Waals surface area contributed by atoms with Crippen molar-refractivity contribution >= 4 is 17.2 Å². The molecule has 1 amide bonds. The Kier molecular flexibility index (Phi) is 6.22. The molecule has 2 N–H and O–H groups in total. The molecular formula is C13H21NO2S. The van der Waals surface area contributed by atoms with Crippen LogP contribution in [-0.4, -0.2) is 23.7 Å². The summed E-state index contributed by atoms with van der Waals surface area (Å²) in [7, 11) is 0. The number of carbonyl (C=O) groups excluding carboxylic acids is 1. The van der Waals surface area contributed by atoms with Crippen molar-refractivity contribution in [2.45, 2.75) is 39.2 Å². The maximum absolute atomic E-state index is 11.5. The number of aliphatic hydroxyl groups excluding tert-OH is 1. The van der Waals surface area contributed by atoms with Crippen LogP contribution in [0.1, 0.15) is 31.6 Å². The molecule has 0 radical (unpaired) electrons. The van der Waals surface area contributed by atoms with Gasteiger partial charge in [-0.15, -0.1) is 11.3 Å². The predicted octanol–water partition coefficient (Wildman–Crippen LogP) is 2.20. The van der Waals surface area contributed by atoms with Crippen LogP contribution in [-0.2, 0) is 11.2 Å². The first-order valence-electron chi connectivity index (χ1n) is 6.06. The first kappa shape index (κ1) is 14.2. The molecule has 1 atom stereocenters. The van der Waals surface area contributed by atoms with E-state index in [1.807, 2.05) is 25.3 Å². The molecule has 17 heavy (non-hydrogen) atoms. The van der Waals surface area contributed by atoms with Crippen LogP contribution in [0.5, 0.6) is 0 Å². The maximum atomic E-state index is 11.5. The third kappa shape index (κ3) is 5.84. The molecule has 4 heteroatoms. The second-order valence-electron chi connectivity index (χ2n) is 4.55. The lowest BCUT2D eigenvalue weighted by Crippen LogP contribution is -2.34. The van der Waals surface area contributed by atoms with Crippen molar-refractivity contribution in [3.8, 4) is 0 Å². The summed E-state index contributed by atoms with van der Waals surface area (Å²) in [5, 5.41) is 14.3. The smallest absolute Gasteiger partial charge is 0.220 e. The fraction of sp³-hybridized carbons (Fsp3) is 0.615. The number of thiophene rings is 1. The Labute approximate surface area is 107 Å². The summed E-state index contributed by atoms with van der Waals surface area (Å²) >= 11 is 1.73. The lowest BCUT2D eigenvalue weighted by atomic mass is 10.1. The molecular weight excluding hydrogens is 234 g/mol. The van der Waals surface area contributed by atoms with Gasteiger partial charge in [0.25, 0.3) is 0 Å². The van der Waals surface area contributed by atoms with Crippen molar-refractivity contribution < 1.29 is 9.90 Å². The number of hydrogen-bond acceptors (Lipinski definition) is 3. The van der Waals surface area contributed by atoms with Gasteiger partial charge in [0.15, 0.2) is 0 Å². The average molecular weight is 255 g/mol. The van der Waals surface area contributed by atoms with Gasteiger partial charge >= 0.3 is 0 Å². The van der Waals surface area contributed by atoms with E-state index in [0.717, 1.165) is 12.8 Å². The van der Waals surface area contributed by atoms with Gasteiger partial charge in [-0.1, -0.05) is 19.9 Å². The summed E-state index contributed by atoms with van der Waals surface area (Å²) in [6, 6.07) is 4.12. The molecule has 1 heterocycles. The van der Waals surface area contributed by atoms with Crippen LogP contribution in [0.3, 0.4) is 0 Å². The zero-order valence-corrected chi connectivity index (χ0v) is 11.3. The normalized spacial score (nSPS) is 12.7. The van der Waals surface area contributed by atoms with Crippen LogP contribution in [0.15, 0.2) is 17.5 Å². The van der Waals surface area contributed by atoms with Gasteiger partial charge in [0.2, 0.25) is 5.91 Å². The molecule has 0 saturated carbocycles. The van der Waals surface area contributed by atoms with Gasteiger partial charge in [-0.3, -0.25) is 4.79 Å². The van der Waals surface area contributed by atoms with Crippen LogP contribution < -0.4 is 5.32 Å². The summed E-state index contributed by atoms with van der Waals surface area (Å²) < 4.78 is 0. The topological polar surface area (TPSA) is 49.3 Å². The molecule has 0 bridgehead atoms. The van der Waals surface area contributed by atoms with Gasteiger partial charge in [0.05, 0.1) is 6.10 Å². The van der Waals surface area contributed by atoms with Crippen molar-refractivity contribution in [3.63, 3.8) is 0 Å². The summed E-state index contributed by atoms with van der Waals surface area (Å²) in [5.41, 5.74) is 0. The zero-order valence-electron chi connectivity index (χ0n) is 10.5. The highest BCUT2D eigenvalue weighted by molar-refractivity contribution is 7.09. The summed E-state index contributed by atoms with van der Waals surface area (Å²) in [5.74, 6) is 0.211. The van der Waals surface area contributed by atoms with E-state index in [-0.39, 0.29) is 11.8 Å². The summed E-state index contributed by atoms with van der Waals surface area (Å²) in [6.45, 7) is 4.23. The van der Waals surface area contributed by atoms with Gasteiger partial charge in [0.1, 0.15) is 0 Å². The van der Waals surface area contributed by atoms with Crippen LogP contribution >= 0.6 is 11.3 Å². The lowest BCUT2D eigenvalue weighted by Gasteiger charge is -2.14. The Morgan fingerprint density at radius 2 is 2.29 bits per heavy atom. The predicted molar refractivity (Wildman–Crippen MR) is 71.1 cm³/mol. The number of rotatable bonds is 7. The Morgan fingerprint density at radius 1 is 1.53 bits per heavy atom. The summed E-state index contributed by atoms with van der Waals surface area (Å²) in [6.07, 6.45) is 1.90. The number of amides is 1. The number of aryl methyl sites for hydroxylation is 1. The number of carbonyl (C=O) groups is 1. The molecule has 0 saturated heterocycles. The molecule has 1 rings (SSSR count). The van der Waals surface area contributed by atoms with E-state index >= 15 is 0 Å². The summed E-state index contributed by atoms with van der Waals surface area (Å²) in [4.78, 5) is 12.8. The van der Waals surface area contributed by atoms with Crippen molar-refractivity contribution in [1.82, 2.24) is 5.32 Å². The molecule has 1 unspecified atom stereocenters. The lowest BCUT2D eigenvalue weighted by molar-refractivity contribution is -0.121. The average Bonchev–Trinajstić information content (AvgIpc) is 2.78. The third-order valence-corrected chi connectivity index (χ3v) is 3.62. The molecule has 0 aliphatic rings. The van der Waals surface area contributed by atoms with Gasteiger partial charge in [0, 0.05) is 17.8 Å². The van der Waals surface area contributed by atoms with Crippen LogP contribution in [0.4, 0.5) is 0 Å². The van der Waals surface area contributed by atoms with Crippen LogP contribution in [0.25, 0.3) is 0 Å². The van der Waals surface area contributed by atoms with Crippen molar-refractivity contribution in [2.75, 3.05) is 6.54 Å². The van der Waals surface area contributed by atoms with E-state index < -0.39 is 6.10 Å². The third-order valence-electron chi connectivity index (χ3n) is 2.69. The Balaban J connectivity index is 2.09. The SMILES string of the molecule is CC(C)C(O)CNC(=O)CCCc1cccs1. The molecule has 1 aromatic heterocycles. The van der Waals surface area contributed by atoms with Crippen molar-refractivity contribution in [3.05, 3.63) is 22.4 Å². The van der Waals surface area contributed by atoms with Crippen LogP contribution in [0, 0.1) is 5.92 Å². The Hall–Kier alpha value is -0.870. The molecule has 3 nitrogen and oxygen atoms in total. The van der Waals surface area contributed by atoms with Crippen molar-refractivity contribution in [2.24, 2.45) is 5.92 Å². The molecule has 1 aromatic rings. The van der Waals surface area contributed by atoms with Crippen LogP contribution in [0.2, 0.25) is 0 Å². The minimum absolute atomic E-state index is 0.0289. The monoisotopic (exact) mass is 255 g/mol. The van der Waals surface area contributed by atoms with E-state index in [1.165, 1.54) is 4.88 Å². The van der Waals surface area contributed by atoms with E-state index in [0.29, 0.717) is 13.0 Å². The van der Waals surface area contributed by atoms with Crippen molar-refractivity contribution in [1.29, 1.82) is 0 Å². The fourth-order valence-electron chi connectivity index (χ4n) is 1.42. The number of nitrogens with one attached hydrogen (secondary N) is 1. The van der Waals surface area contributed by atoms with Gasteiger partial charge in [-0.25, -0.2) is 0 Å². The van der Waals surface area contributed by atoms with Gasteiger partial charge < -0.3 is 10.4 Å². The number of hydrogen-bond donors (Lipinski definition) is 2. The molecule has 0 spiro atoms. The standard InChI is InChI=1S/C13H21NO2S/c1-10(2)12(15)9-14-13(16)7-3-5-11-6-4-8-17-11/h4,6,8,10,12,15H,3,5,7,9H2,1-2H3,(H,14,16). The molecule has 0 aliphatic heterocycles. The Morgan fingerprint density at radius 3 is 2.88 bits per heavy atom. The first-order valence-corrected chi connectivity index (χ1v) is 6.94. The highest BCUT2D eigenvalue weighted by Gasteiger charge is 2.10. The minimum Gasteiger partial charge on any atom is -0.391 e. The van der Waals surface area contributed by atoms with E-state index in [2.05, 4.69) is 11.4 Å². The molecule has 0 aromatic carbocycles. The Bertz CT molecular complexity index is 322. The zero-order chi connectivity index (χ0) is 12.7. The molecule has 0 aliphatic carbocycles. The van der Waals surface area contributed by atoms with E-state index in [9.17, 15) is 9.90 Å². The highest BCUT2D eigenvalue weighted by Crippen LogP contribution is 2.11. The van der Waals surface area contributed by atoms with Gasteiger partial charge in [-0.2, -0.15) is 0 Å². The second kappa shape index (κ2) is 7.45. The minimum atomic E-state index is -0.448. The highest BCUT2D eigenvalue weighted by atomic mass is 32.1. The molecule has 96 valence electrons. The molecule has 0 fully saturated rings. The van der Waals surface area contributed by atoms with E-state index in [1.54, 1.807) is 11.3 Å². The van der Waals surface area contributed by atoms with E-state index in [4.69, 9.17) is 0 Å². The quantitative estimate of drug-likeness (QED) is 0.785. The van der Waals surface area contributed by atoms with Gasteiger partial charge in [-0.05, 0) is 30.2 Å². The largest absolute Gasteiger partial charge is 0.391 e. The fourth-order valence-corrected chi connectivity index (χ4v) is 2.17.